The van der Waals surface area contributed by atoms with Crippen LogP contribution in [-0.4, -0.2) is 16.5 Å². The molecule has 5 heteroatoms. The molecule has 0 bridgehead atoms. The molecule has 1 aromatic carbocycles. The zero-order valence-electron chi connectivity index (χ0n) is 11.6. The molecule has 0 aliphatic rings. The predicted molar refractivity (Wildman–Crippen MR) is 75.1 cm³/mol. The molecule has 0 spiro atoms. The SMILES string of the molecule is CC(C)CNCc1cnc(Oc2ccc(F)cc2)cn1. The van der Waals surface area contributed by atoms with Gasteiger partial charge in [-0.05, 0) is 36.7 Å². The first kappa shape index (κ1) is 14.4. The zero-order chi connectivity index (χ0) is 14.4. The van der Waals surface area contributed by atoms with Gasteiger partial charge in [-0.25, -0.2) is 9.37 Å². The number of benzene rings is 1. The molecule has 106 valence electrons. The first-order chi connectivity index (χ1) is 9.63. The van der Waals surface area contributed by atoms with Crippen molar-refractivity contribution in [2.45, 2.75) is 20.4 Å². The summed E-state index contributed by atoms with van der Waals surface area (Å²) in [4.78, 5) is 8.44. The third-order valence-electron chi connectivity index (χ3n) is 2.58. The Labute approximate surface area is 118 Å². The summed E-state index contributed by atoms with van der Waals surface area (Å²) in [6.45, 7) is 5.92. The molecule has 0 saturated heterocycles. The molecule has 0 aliphatic carbocycles. The van der Waals surface area contributed by atoms with Gasteiger partial charge in [0.1, 0.15) is 11.6 Å². The molecular weight excluding hydrogens is 257 g/mol. The third kappa shape index (κ3) is 4.59. The fourth-order valence-corrected chi connectivity index (χ4v) is 1.60. The highest BCUT2D eigenvalue weighted by Gasteiger charge is 2.01. The first-order valence-corrected chi connectivity index (χ1v) is 6.58. The fourth-order valence-electron chi connectivity index (χ4n) is 1.60. The van der Waals surface area contributed by atoms with Crippen LogP contribution in [0.25, 0.3) is 0 Å². The smallest absolute Gasteiger partial charge is 0.237 e. The van der Waals surface area contributed by atoms with E-state index in [-0.39, 0.29) is 5.82 Å². The van der Waals surface area contributed by atoms with E-state index in [0.717, 1.165) is 12.2 Å². The summed E-state index contributed by atoms with van der Waals surface area (Å²) in [6.07, 6.45) is 3.24. The van der Waals surface area contributed by atoms with Crippen LogP contribution >= 0.6 is 0 Å². The van der Waals surface area contributed by atoms with E-state index < -0.39 is 0 Å². The molecule has 0 amide bonds. The molecule has 2 rings (SSSR count). The summed E-state index contributed by atoms with van der Waals surface area (Å²) in [7, 11) is 0. The molecule has 1 N–H and O–H groups in total. The highest BCUT2D eigenvalue weighted by Crippen LogP contribution is 2.18. The number of ether oxygens (including phenoxy) is 1. The molecule has 1 aromatic heterocycles. The van der Waals surface area contributed by atoms with Crippen molar-refractivity contribution in [3.63, 3.8) is 0 Å². The van der Waals surface area contributed by atoms with Gasteiger partial charge in [0.05, 0.1) is 18.1 Å². The molecule has 20 heavy (non-hydrogen) atoms. The molecule has 2 aromatic rings. The minimum atomic E-state index is -0.296. The van der Waals surface area contributed by atoms with Crippen molar-refractivity contribution >= 4 is 0 Å². The van der Waals surface area contributed by atoms with Gasteiger partial charge in [0.15, 0.2) is 0 Å². The van der Waals surface area contributed by atoms with Crippen molar-refractivity contribution in [3.8, 4) is 11.6 Å². The Morgan fingerprint density at radius 1 is 1.15 bits per heavy atom. The largest absolute Gasteiger partial charge is 0.438 e. The van der Waals surface area contributed by atoms with E-state index in [2.05, 4.69) is 29.1 Å². The van der Waals surface area contributed by atoms with Crippen molar-refractivity contribution in [2.24, 2.45) is 5.92 Å². The number of nitrogens with one attached hydrogen (secondary N) is 1. The second-order valence-electron chi connectivity index (χ2n) is 4.93. The summed E-state index contributed by atoms with van der Waals surface area (Å²) in [6, 6.07) is 5.78. The quantitative estimate of drug-likeness (QED) is 0.879. The number of hydrogen-bond donors (Lipinski definition) is 1. The average molecular weight is 275 g/mol. The normalized spacial score (nSPS) is 10.8. The van der Waals surface area contributed by atoms with Gasteiger partial charge < -0.3 is 10.1 Å². The van der Waals surface area contributed by atoms with Crippen LogP contribution in [0.4, 0.5) is 4.39 Å². The molecule has 1 heterocycles. The second-order valence-corrected chi connectivity index (χ2v) is 4.93. The highest BCUT2D eigenvalue weighted by molar-refractivity contribution is 5.26. The van der Waals surface area contributed by atoms with Gasteiger partial charge in [0.25, 0.3) is 0 Å². The van der Waals surface area contributed by atoms with E-state index in [9.17, 15) is 4.39 Å². The molecule has 0 unspecified atom stereocenters. The molecular formula is C15H18FN3O. The Morgan fingerprint density at radius 2 is 1.90 bits per heavy atom. The van der Waals surface area contributed by atoms with Gasteiger partial charge in [-0.3, -0.25) is 4.98 Å². The average Bonchev–Trinajstić information content (AvgIpc) is 2.43. The Morgan fingerprint density at radius 3 is 2.50 bits per heavy atom. The predicted octanol–water partition coefficient (Wildman–Crippen LogP) is 3.15. The number of rotatable bonds is 6. The lowest BCUT2D eigenvalue weighted by Crippen LogP contribution is -2.19. The van der Waals surface area contributed by atoms with Gasteiger partial charge >= 0.3 is 0 Å². The molecule has 0 saturated carbocycles. The molecule has 0 aliphatic heterocycles. The molecule has 4 nitrogen and oxygen atoms in total. The standard InChI is InChI=1S/C15H18FN3O/c1-11(2)7-17-8-13-9-19-15(10-18-13)20-14-5-3-12(16)4-6-14/h3-6,9-11,17H,7-8H2,1-2H3. The topological polar surface area (TPSA) is 47.0 Å². The zero-order valence-corrected chi connectivity index (χ0v) is 11.6. The lowest BCUT2D eigenvalue weighted by Gasteiger charge is -2.07. The van der Waals surface area contributed by atoms with Crippen molar-refractivity contribution in [2.75, 3.05) is 6.54 Å². The number of halogens is 1. The van der Waals surface area contributed by atoms with Crippen molar-refractivity contribution in [1.82, 2.24) is 15.3 Å². The van der Waals surface area contributed by atoms with E-state index in [4.69, 9.17) is 4.74 Å². The summed E-state index contributed by atoms with van der Waals surface area (Å²) in [5.74, 6) is 1.23. The van der Waals surface area contributed by atoms with Gasteiger partial charge in [0, 0.05) is 6.54 Å². The number of hydrogen-bond acceptors (Lipinski definition) is 4. The van der Waals surface area contributed by atoms with Crippen LogP contribution in [0, 0.1) is 11.7 Å². The molecule has 0 atom stereocenters. The Kier molecular flexibility index (Phi) is 5.01. The Hall–Kier alpha value is -2.01. The van der Waals surface area contributed by atoms with Crippen LogP contribution in [0.15, 0.2) is 36.7 Å². The van der Waals surface area contributed by atoms with Crippen LogP contribution < -0.4 is 10.1 Å². The van der Waals surface area contributed by atoms with Crippen LogP contribution in [0.1, 0.15) is 19.5 Å². The maximum atomic E-state index is 12.8. The molecule has 0 fully saturated rings. The van der Waals surface area contributed by atoms with Crippen LogP contribution in [0.5, 0.6) is 11.6 Å². The van der Waals surface area contributed by atoms with Crippen molar-refractivity contribution in [3.05, 3.63) is 48.2 Å². The maximum absolute atomic E-state index is 12.8. The summed E-state index contributed by atoms with van der Waals surface area (Å²) in [5.41, 5.74) is 0.858. The lowest BCUT2D eigenvalue weighted by molar-refractivity contribution is 0.456. The van der Waals surface area contributed by atoms with Gasteiger partial charge in [0.2, 0.25) is 5.88 Å². The van der Waals surface area contributed by atoms with Crippen LogP contribution in [0.2, 0.25) is 0 Å². The lowest BCUT2D eigenvalue weighted by atomic mass is 10.2. The molecule has 0 radical (unpaired) electrons. The number of nitrogens with zero attached hydrogens (tertiary/aromatic N) is 2. The monoisotopic (exact) mass is 275 g/mol. The van der Waals surface area contributed by atoms with E-state index >= 15 is 0 Å². The van der Waals surface area contributed by atoms with Crippen LogP contribution in [0.3, 0.4) is 0 Å². The number of aromatic nitrogens is 2. The first-order valence-electron chi connectivity index (χ1n) is 6.58. The Balaban J connectivity index is 1.89. The third-order valence-corrected chi connectivity index (χ3v) is 2.58. The fraction of sp³-hybridized carbons (Fsp3) is 0.333. The van der Waals surface area contributed by atoms with Gasteiger partial charge in [-0.1, -0.05) is 13.8 Å². The summed E-state index contributed by atoms with van der Waals surface area (Å²) in [5, 5.41) is 3.29. The van der Waals surface area contributed by atoms with Crippen LogP contribution in [-0.2, 0) is 6.54 Å². The minimum Gasteiger partial charge on any atom is -0.438 e. The minimum absolute atomic E-state index is 0.296. The summed E-state index contributed by atoms with van der Waals surface area (Å²) >= 11 is 0. The van der Waals surface area contributed by atoms with E-state index in [1.807, 2.05) is 0 Å². The van der Waals surface area contributed by atoms with E-state index in [0.29, 0.717) is 24.1 Å². The highest BCUT2D eigenvalue weighted by atomic mass is 19.1. The Bertz CT molecular complexity index is 526. The van der Waals surface area contributed by atoms with Gasteiger partial charge in [-0.2, -0.15) is 0 Å². The van der Waals surface area contributed by atoms with E-state index in [1.165, 1.54) is 12.1 Å². The second kappa shape index (κ2) is 6.96. The maximum Gasteiger partial charge on any atom is 0.237 e. The van der Waals surface area contributed by atoms with Crippen molar-refractivity contribution < 1.29 is 9.13 Å². The summed E-state index contributed by atoms with van der Waals surface area (Å²) < 4.78 is 18.2. The van der Waals surface area contributed by atoms with E-state index in [1.54, 1.807) is 24.5 Å². The van der Waals surface area contributed by atoms with Crippen molar-refractivity contribution in [1.29, 1.82) is 0 Å². The van der Waals surface area contributed by atoms with Gasteiger partial charge in [-0.15, -0.1) is 0 Å².